The summed E-state index contributed by atoms with van der Waals surface area (Å²) < 4.78 is 25.3. The lowest BCUT2D eigenvalue weighted by molar-refractivity contribution is 0.297. The summed E-state index contributed by atoms with van der Waals surface area (Å²) in [5.41, 5.74) is 1.51. The molecule has 19 heavy (non-hydrogen) atoms. The lowest BCUT2D eigenvalue weighted by Crippen LogP contribution is -2.00. The Morgan fingerprint density at radius 1 is 1.16 bits per heavy atom. The topological polar surface area (TPSA) is 18.5 Å². The zero-order valence-electron chi connectivity index (χ0n) is 10.7. The number of halogens is 2. The summed E-state index contributed by atoms with van der Waals surface area (Å²) >= 11 is 3.39. The fourth-order valence-electron chi connectivity index (χ4n) is 1.70. The number of hydrogen-bond donors (Lipinski definition) is 0. The molecular formula is C15H14BrFO2. The van der Waals surface area contributed by atoms with Crippen molar-refractivity contribution in [2.75, 3.05) is 7.11 Å². The van der Waals surface area contributed by atoms with Crippen molar-refractivity contribution in [1.29, 1.82) is 0 Å². The molecule has 0 bridgehead atoms. The average molecular weight is 325 g/mol. The number of ether oxygens (including phenoxy) is 2. The second kappa shape index (κ2) is 6.06. The molecule has 4 heteroatoms. The zero-order valence-corrected chi connectivity index (χ0v) is 12.3. The molecule has 0 radical (unpaired) electrons. The van der Waals surface area contributed by atoms with Crippen LogP contribution in [-0.4, -0.2) is 7.11 Å². The molecule has 2 aromatic rings. The summed E-state index contributed by atoms with van der Waals surface area (Å²) in [6.45, 7) is 2.14. The third-order valence-corrected chi connectivity index (χ3v) is 3.27. The maximum Gasteiger partial charge on any atom is 0.133 e. The molecule has 0 saturated heterocycles. The van der Waals surface area contributed by atoms with Crippen LogP contribution in [0.1, 0.15) is 11.1 Å². The van der Waals surface area contributed by atoms with Crippen molar-refractivity contribution in [2.45, 2.75) is 13.5 Å². The van der Waals surface area contributed by atoms with E-state index in [2.05, 4.69) is 15.9 Å². The van der Waals surface area contributed by atoms with Gasteiger partial charge in [0.2, 0.25) is 0 Å². The molecule has 0 aliphatic carbocycles. The summed E-state index contributed by atoms with van der Waals surface area (Å²) in [5, 5.41) is 0. The Hall–Kier alpha value is -1.55. The van der Waals surface area contributed by atoms with Crippen LogP contribution in [0.15, 0.2) is 40.9 Å². The van der Waals surface area contributed by atoms with E-state index < -0.39 is 0 Å². The summed E-state index contributed by atoms with van der Waals surface area (Å²) in [7, 11) is 1.51. The van der Waals surface area contributed by atoms with Crippen molar-refractivity contribution < 1.29 is 13.9 Å². The van der Waals surface area contributed by atoms with Crippen molar-refractivity contribution in [2.24, 2.45) is 0 Å². The molecule has 2 aromatic carbocycles. The van der Waals surface area contributed by atoms with E-state index in [9.17, 15) is 4.39 Å². The van der Waals surface area contributed by atoms with E-state index in [4.69, 9.17) is 9.47 Å². The first-order valence-electron chi connectivity index (χ1n) is 5.81. The molecule has 0 N–H and O–H groups in total. The number of aryl methyl sites for hydroxylation is 1. The minimum absolute atomic E-state index is 0.193. The molecule has 0 aromatic heterocycles. The maximum absolute atomic E-state index is 13.7. The predicted octanol–water partition coefficient (Wildman–Crippen LogP) is 4.48. The number of hydrogen-bond acceptors (Lipinski definition) is 2. The van der Waals surface area contributed by atoms with Gasteiger partial charge in [-0.15, -0.1) is 0 Å². The number of benzene rings is 2. The highest BCUT2D eigenvalue weighted by Crippen LogP contribution is 2.24. The van der Waals surface area contributed by atoms with Crippen LogP contribution in [0.5, 0.6) is 11.5 Å². The second-order valence-corrected chi connectivity index (χ2v) is 5.07. The van der Waals surface area contributed by atoms with Crippen molar-refractivity contribution in [3.05, 3.63) is 57.8 Å². The van der Waals surface area contributed by atoms with Gasteiger partial charge < -0.3 is 9.47 Å². The molecule has 0 aliphatic heterocycles. The van der Waals surface area contributed by atoms with E-state index >= 15 is 0 Å². The molecule has 0 fully saturated rings. The van der Waals surface area contributed by atoms with E-state index in [1.165, 1.54) is 13.2 Å². The highest BCUT2D eigenvalue weighted by molar-refractivity contribution is 9.10. The summed E-state index contributed by atoms with van der Waals surface area (Å²) in [4.78, 5) is 0. The first kappa shape index (κ1) is 13.9. The van der Waals surface area contributed by atoms with Crippen LogP contribution >= 0.6 is 15.9 Å². The van der Waals surface area contributed by atoms with Gasteiger partial charge in [-0.1, -0.05) is 15.9 Å². The highest BCUT2D eigenvalue weighted by atomic mass is 79.9. The Labute approximate surface area is 120 Å². The number of rotatable bonds is 4. The molecule has 0 spiro atoms. The third kappa shape index (κ3) is 3.47. The lowest BCUT2D eigenvalue weighted by atomic mass is 10.2. The van der Waals surface area contributed by atoms with Gasteiger partial charge in [0.05, 0.1) is 7.11 Å². The lowest BCUT2D eigenvalue weighted by Gasteiger charge is -2.10. The molecule has 0 atom stereocenters. The Morgan fingerprint density at radius 3 is 2.58 bits per heavy atom. The van der Waals surface area contributed by atoms with Crippen LogP contribution in [-0.2, 0) is 6.61 Å². The van der Waals surface area contributed by atoms with E-state index in [0.717, 1.165) is 15.8 Å². The van der Waals surface area contributed by atoms with Gasteiger partial charge in [-0.25, -0.2) is 4.39 Å². The fourth-order valence-corrected chi connectivity index (χ4v) is 2.18. The molecule has 2 rings (SSSR count). The molecule has 0 amide bonds. The minimum atomic E-state index is -0.325. The normalized spacial score (nSPS) is 10.3. The smallest absolute Gasteiger partial charge is 0.133 e. The van der Waals surface area contributed by atoms with Gasteiger partial charge in [-0.3, -0.25) is 0 Å². The predicted molar refractivity (Wildman–Crippen MR) is 76.2 cm³/mol. The standard InChI is InChI=1S/C15H14BrFO2/c1-10-7-12(16)4-6-15(10)19-9-11-3-5-13(18-2)8-14(11)17/h3-8H,9H2,1-2H3. The summed E-state index contributed by atoms with van der Waals surface area (Å²) in [5.74, 6) is 0.925. The van der Waals surface area contributed by atoms with Crippen molar-refractivity contribution >= 4 is 15.9 Å². The summed E-state index contributed by atoms with van der Waals surface area (Å²) in [6, 6.07) is 10.5. The third-order valence-electron chi connectivity index (χ3n) is 2.78. The Bertz CT molecular complexity index is 584. The monoisotopic (exact) mass is 324 g/mol. The SMILES string of the molecule is COc1ccc(COc2ccc(Br)cc2C)c(F)c1. The van der Waals surface area contributed by atoms with Gasteiger partial charge in [0.1, 0.15) is 23.9 Å². The molecule has 0 unspecified atom stereocenters. The molecule has 100 valence electrons. The van der Waals surface area contributed by atoms with E-state index in [-0.39, 0.29) is 12.4 Å². The average Bonchev–Trinajstić information content (AvgIpc) is 2.39. The largest absolute Gasteiger partial charge is 0.497 e. The van der Waals surface area contributed by atoms with Crippen LogP contribution in [0.3, 0.4) is 0 Å². The van der Waals surface area contributed by atoms with E-state index in [1.54, 1.807) is 12.1 Å². The van der Waals surface area contributed by atoms with Crippen LogP contribution in [0.4, 0.5) is 4.39 Å². The van der Waals surface area contributed by atoms with Gasteiger partial charge in [-0.05, 0) is 42.8 Å². The van der Waals surface area contributed by atoms with Crippen LogP contribution < -0.4 is 9.47 Å². The Morgan fingerprint density at radius 2 is 1.95 bits per heavy atom. The molecule has 0 heterocycles. The zero-order chi connectivity index (χ0) is 13.8. The van der Waals surface area contributed by atoms with Crippen molar-refractivity contribution in [3.8, 4) is 11.5 Å². The van der Waals surface area contributed by atoms with Crippen LogP contribution in [0, 0.1) is 12.7 Å². The van der Waals surface area contributed by atoms with Crippen LogP contribution in [0.25, 0.3) is 0 Å². The Kier molecular flexibility index (Phi) is 4.43. The first-order valence-corrected chi connectivity index (χ1v) is 6.61. The molecular weight excluding hydrogens is 311 g/mol. The van der Waals surface area contributed by atoms with E-state index in [0.29, 0.717) is 11.3 Å². The van der Waals surface area contributed by atoms with Crippen LogP contribution in [0.2, 0.25) is 0 Å². The van der Waals surface area contributed by atoms with Gasteiger partial charge in [0.15, 0.2) is 0 Å². The molecule has 0 aliphatic rings. The van der Waals surface area contributed by atoms with Crippen molar-refractivity contribution in [3.63, 3.8) is 0 Å². The quantitative estimate of drug-likeness (QED) is 0.825. The Balaban J connectivity index is 2.10. The molecule has 2 nitrogen and oxygen atoms in total. The maximum atomic E-state index is 13.7. The van der Waals surface area contributed by atoms with Gasteiger partial charge >= 0.3 is 0 Å². The molecule has 0 saturated carbocycles. The fraction of sp³-hybridized carbons (Fsp3) is 0.200. The van der Waals surface area contributed by atoms with Gasteiger partial charge in [-0.2, -0.15) is 0 Å². The number of methoxy groups -OCH3 is 1. The highest BCUT2D eigenvalue weighted by Gasteiger charge is 2.06. The minimum Gasteiger partial charge on any atom is -0.497 e. The van der Waals surface area contributed by atoms with Crippen molar-refractivity contribution in [1.82, 2.24) is 0 Å². The van der Waals surface area contributed by atoms with Gasteiger partial charge in [0, 0.05) is 16.1 Å². The van der Waals surface area contributed by atoms with E-state index in [1.807, 2.05) is 25.1 Å². The first-order chi connectivity index (χ1) is 9.10. The summed E-state index contributed by atoms with van der Waals surface area (Å²) in [6.07, 6.45) is 0. The second-order valence-electron chi connectivity index (χ2n) is 4.16. The van der Waals surface area contributed by atoms with Gasteiger partial charge in [0.25, 0.3) is 0 Å².